The van der Waals surface area contributed by atoms with Crippen LogP contribution >= 0.6 is 15.9 Å². The normalized spacial score (nSPS) is 10.6. The fraction of sp³-hybridized carbons (Fsp3) is 0. The Morgan fingerprint density at radius 3 is 2.38 bits per heavy atom. The van der Waals surface area contributed by atoms with Crippen molar-refractivity contribution >= 4 is 21.7 Å². The summed E-state index contributed by atoms with van der Waals surface area (Å²) >= 11 is 3.27. The first-order chi connectivity index (χ1) is 10.1. The van der Waals surface area contributed by atoms with Crippen molar-refractivity contribution < 1.29 is 4.39 Å². The Hall–Kier alpha value is -2.27. The number of nitrogen functional groups attached to an aromatic ring is 1. The summed E-state index contributed by atoms with van der Waals surface area (Å²) in [6.45, 7) is 0. The Kier molecular flexibility index (Phi) is 3.66. The zero-order valence-corrected chi connectivity index (χ0v) is 12.5. The molecule has 0 bridgehead atoms. The lowest BCUT2D eigenvalue weighted by Crippen LogP contribution is -1.98. The number of halogens is 2. The molecule has 0 aliphatic carbocycles. The van der Waals surface area contributed by atoms with E-state index in [2.05, 4.69) is 25.9 Å². The molecular weight excluding hydrogens is 333 g/mol. The van der Waals surface area contributed by atoms with Gasteiger partial charge in [-0.1, -0.05) is 46.3 Å². The SMILES string of the molecule is Nc1cc(-c2ccccc2)nc(-c2cc(F)cc(Br)c2)n1. The predicted molar refractivity (Wildman–Crippen MR) is 85.0 cm³/mol. The fourth-order valence-corrected chi connectivity index (χ4v) is 2.50. The van der Waals surface area contributed by atoms with Crippen molar-refractivity contribution in [2.24, 2.45) is 0 Å². The molecule has 5 heteroatoms. The third kappa shape index (κ3) is 3.08. The van der Waals surface area contributed by atoms with Crippen LogP contribution in [0, 0.1) is 5.82 Å². The Morgan fingerprint density at radius 1 is 0.905 bits per heavy atom. The van der Waals surface area contributed by atoms with Gasteiger partial charge >= 0.3 is 0 Å². The third-order valence-corrected chi connectivity index (χ3v) is 3.39. The first kappa shape index (κ1) is 13.7. The van der Waals surface area contributed by atoms with Gasteiger partial charge < -0.3 is 5.73 Å². The molecule has 0 fully saturated rings. The molecule has 2 aromatic carbocycles. The number of hydrogen-bond donors (Lipinski definition) is 1. The van der Waals surface area contributed by atoms with Crippen LogP contribution in [0.25, 0.3) is 22.6 Å². The van der Waals surface area contributed by atoms with E-state index >= 15 is 0 Å². The number of nitrogens with two attached hydrogens (primary N) is 1. The van der Waals surface area contributed by atoms with Gasteiger partial charge in [0.05, 0.1) is 5.69 Å². The molecule has 0 unspecified atom stereocenters. The highest BCUT2D eigenvalue weighted by atomic mass is 79.9. The van der Waals surface area contributed by atoms with Crippen molar-refractivity contribution in [3.63, 3.8) is 0 Å². The first-order valence-electron chi connectivity index (χ1n) is 6.28. The summed E-state index contributed by atoms with van der Waals surface area (Å²) in [6.07, 6.45) is 0. The topological polar surface area (TPSA) is 51.8 Å². The molecule has 3 aromatic rings. The van der Waals surface area contributed by atoms with Crippen LogP contribution < -0.4 is 5.73 Å². The van der Waals surface area contributed by atoms with Gasteiger partial charge in [-0.2, -0.15) is 0 Å². The van der Waals surface area contributed by atoms with Gasteiger partial charge in [-0.25, -0.2) is 14.4 Å². The molecule has 3 rings (SSSR count). The average Bonchev–Trinajstić information content (AvgIpc) is 2.46. The average molecular weight is 344 g/mol. The second-order valence-corrected chi connectivity index (χ2v) is 5.44. The lowest BCUT2D eigenvalue weighted by atomic mass is 10.1. The molecule has 0 radical (unpaired) electrons. The highest BCUT2D eigenvalue weighted by Gasteiger charge is 2.09. The molecule has 0 saturated heterocycles. The predicted octanol–water partition coefficient (Wildman–Crippen LogP) is 4.29. The van der Waals surface area contributed by atoms with Crippen molar-refractivity contribution in [2.75, 3.05) is 5.73 Å². The van der Waals surface area contributed by atoms with Crippen LogP contribution in [-0.4, -0.2) is 9.97 Å². The summed E-state index contributed by atoms with van der Waals surface area (Å²) in [6, 6.07) is 15.9. The number of benzene rings is 2. The van der Waals surface area contributed by atoms with Crippen LogP contribution in [0.4, 0.5) is 10.2 Å². The number of aromatic nitrogens is 2. The third-order valence-electron chi connectivity index (χ3n) is 2.94. The van der Waals surface area contributed by atoms with E-state index in [1.807, 2.05) is 30.3 Å². The standard InChI is InChI=1S/C16H11BrFN3/c17-12-6-11(7-13(18)8-12)16-20-14(9-15(19)21-16)10-4-2-1-3-5-10/h1-9H,(H2,19,20,21). The van der Waals surface area contributed by atoms with Gasteiger partial charge in [-0.05, 0) is 18.2 Å². The lowest BCUT2D eigenvalue weighted by Gasteiger charge is -2.07. The van der Waals surface area contributed by atoms with E-state index in [1.54, 1.807) is 12.1 Å². The molecule has 0 saturated carbocycles. The second kappa shape index (κ2) is 5.61. The van der Waals surface area contributed by atoms with Crippen LogP contribution in [0.2, 0.25) is 0 Å². The minimum atomic E-state index is -0.355. The summed E-state index contributed by atoms with van der Waals surface area (Å²) < 4.78 is 14.2. The minimum Gasteiger partial charge on any atom is -0.384 e. The second-order valence-electron chi connectivity index (χ2n) is 4.53. The molecule has 3 nitrogen and oxygen atoms in total. The van der Waals surface area contributed by atoms with Crippen molar-refractivity contribution in [1.29, 1.82) is 0 Å². The van der Waals surface area contributed by atoms with E-state index in [4.69, 9.17) is 5.73 Å². The van der Waals surface area contributed by atoms with Gasteiger partial charge in [0.25, 0.3) is 0 Å². The van der Waals surface area contributed by atoms with Gasteiger partial charge in [-0.3, -0.25) is 0 Å². The van der Waals surface area contributed by atoms with E-state index in [-0.39, 0.29) is 5.82 Å². The fourth-order valence-electron chi connectivity index (χ4n) is 2.03. The van der Waals surface area contributed by atoms with Crippen LogP contribution in [-0.2, 0) is 0 Å². The highest BCUT2D eigenvalue weighted by Crippen LogP contribution is 2.26. The highest BCUT2D eigenvalue weighted by molar-refractivity contribution is 9.10. The largest absolute Gasteiger partial charge is 0.384 e. The van der Waals surface area contributed by atoms with Crippen LogP contribution in [0.15, 0.2) is 59.1 Å². The zero-order chi connectivity index (χ0) is 14.8. The molecule has 1 aromatic heterocycles. The summed E-state index contributed by atoms with van der Waals surface area (Å²) in [7, 11) is 0. The van der Waals surface area contributed by atoms with E-state index in [0.29, 0.717) is 27.4 Å². The zero-order valence-electron chi connectivity index (χ0n) is 10.9. The molecule has 2 N–H and O–H groups in total. The van der Waals surface area contributed by atoms with Crippen LogP contribution in [0.1, 0.15) is 0 Å². The van der Waals surface area contributed by atoms with Crippen molar-refractivity contribution in [2.45, 2.75) is 0 Å². The Morgan fingerprint density at radius 2 is 1.67 bits per heavy atom. The maximum absolute atomic E-state index is 13.5. The summed E-state index contributed by atoms with van der Waals surface area (Å²) in [5.74, 6) is 0.389. The number of anilines is 1. The molecule has 0 atom stereocenters. The molecule has 0 aliphatic heterocycles. The molecule has 0 spiro atoms. The first-order valence-corrected chi connectivity index (χ1v) is 7.07. The number of nitrogens with zero attached hydrogens (tertiary/aromatic N) is 2. The van der Waals surface area contributed by atoms with Gasteiger partial charge in [0.1, 0.15) is 11.6 Å². The van der Waals surface area contributed by atoms with Crippen molar-refractivity contribution in [3.05, 3.63) is 64.9 Å². The lowest BCUT2D eigenvalue weighted by molar-refractivity contribution is 0.627. The van der Waals surface area contributed by atoms with E-state index < -0.39 is 0 Å². The Bertz CT molecular complexity index is 771. The maximum Gasteiger partial charge on any atom is 0.162 e. The monoisotopic (exact) mass is 343 g/mol. The van der Waals surface area contributed by atoms with Gasteiger partial charge in [0.2, 0.25) is 0 Å². The van der Waals surface area contributed by atoms with E-state index in [9.17, 15) is 4.39 Å². The van der Waals surface area contributed by atoms with Gasteiger partial charge in [-0.15, -0.1) is 0 Å². The van der Waals surface area contributed by atoms with Crippen LogP contribution in [0.3, 0.4) is 0 Å². The van der Waals surface area contributed by atoms with Crippen molar-refractivity contribution in [1.82, 2.24) is 9.97 Å². The summed E-state index contributed by atoms with van der Waals surface area (Å²) in [5, 5.41) is 0. The minimum absolute atomic E-state index is 0.347. The molecule has 21 heavy (non-hydrogen) atoms. The van der Waals surface area contributed by atoms with Gasteiger partial charge in [0, 0.05) is 21.7 Å². The molecule has 0 aliphatic rings. The van der Waals surface area contributed by atoms with Crippen molar-refractivity contribution in [3.8, 4) is 22.6 Å². The van der Waals surface area contributed by atoms with E-state index in [1.165, 1.54) is 12.1 Å². The summed E-state index contributed by atoms with van der Waals surface area (Å²) in [5.41, 5.74) is 8.07. The smallest absolute Gasteiger partial charge is 0.162 e. The van der Waals surface area contributed by atoms with Crippen LogP contribution in [0.5, 0.6) is 0 Å². The number of rotatable bonds is 2. The molecular formula is C16H11BrFN3. The molecule has 104 valence electrons. The Labute approximate surface area is 129 Å². The van der Waals surface area contributed by atoms with E-state index in [0.717, 1.165) is 5.56 Å². The summed E-state index contributed by atoms with van der Waals surface area (Å²) in [4.78, 5) is 8.67. The molecule has 1 heterocycles. The number of hydrogen-bond acceptors (Lipinski definition) is 3. The quantitative estimate of drug-likeness (QED) is 0.754. The molecule has 0 amide bonds. The van der Waals surface area contributed by atoms with Gasteiger partial charge in [0.15, 0.2) is 5.82 Å². The maximum atomic E-state index is 13.5. The Balaban J connectivity index is 2.14.